The predicted octanol–water partition coefficient (Wildman–Crippen LogP) is 8.68. The smallest absolute Gasteiger partial charge is 0.104 e. The summed E-state index contributed by atoms with van der Waals surface area (Å²) < 4.78 is 0. The minimum absolute atomic E-state index is 1.01. The van der Waals surface area contributed by atoms with Gasteiger partial charge in [0.15, 0.2) is 0 Å². The minimum atomic E-state index is 1.01. The molecule has 2 rings (SSSR count). The van der Waals surface area contributed by atoms with Gasteiger partial charge in [0.25, 0.3) is 0 Å². The predicted molar refractivity (Wildman–Crippen MR) is 124 cm³/mol. The molecule has 28 heavy (non-hydrogen) atoms. The number of aromatic nitrogens is 2. The van der Waals surface area contributed by atoms with Crippen molar-refractivity contribution in [3.05, 3.63) is 29.6 Å². The molecular formula is C26H44N2. The molecule has 2 nitrogen and oxygen atoms in total. The molecule has 0 aliphatic carbocycles. The highest BCUT2D eigenvalue weighted by atomic mass is 14.9. The van der Waals surface area contributed by atoms with Gasteiger partial charge in [-0.3, -0.25) is 0 Å². The van der Waals surface area contributed by atoms with Crippen LogP contribution < -0.4 is 0 Å². The lowest BCUT2D eigenvalue weighted by Crippen LogP contribution is -1.87. The fourth-order valence-electron chi connectivity index (χ4n) is 4.21. The molecule has 2 heteroatoms. The number of aromatic amines is 1. The Morgan fingerprint density at radius 1 is 0.679 bits per heavy atom. The van der Waals surface area contributed by atoms with Crippen LogP contribution in [-0.2, 0) is 6.42 Å². The van der Waals surface area contributed by atoms with Gasteiger partial charge in [0.1, 0.15) is 5.82 Å². The van der Waals surface area contributed by atoms with Crippen LogP contribution in [0.25, 0.3) is 11.0 Å². The molecule has 0 amide bonds. The lowest BCUT2D eigenvalue weighted by atomic mass is 10.0. The first-order valence-electron chi connectivity index (χ1n) is 12.2. The lowest BCUT2D eigenvalue weighted by molar-refractivity contribution is 0.529. The Labute approximate surface area is 173 Å². The fraction of sp³-hybridized carbons (Fsp3) is 0.731. The lowest BCUT2D eigenvalue weighted by Gasteiger charge is -2.04. The van der Waals surface area contributed by atoms with Crippen molar-refractivity contribution >= 4 is 11.0 Å². The van der Waals surface area contributed by atoms with E-state index in [1.54, 1.807) is 0 Å². The molecule has 158 valence electrons. The summed E-state index contributed by atoms with van der Waals surface area (Å²) in [5, 5.41) is 0. The summed E-state index contributed by atoms with van der Waals surface area (Å²) in [6.07, 6.45) is 24.1. The first-order chi connectivity index (χ1) is 13.8. The minimum Gasteiger partial charge on any atom is -0.342 e. The second kappa shape index (κ2) is 14.7. The van der Waals surface area contributed by atoms with Crippen molar-refractivity contribution in [2.75, 3.05) is 0 Å². The summed E-state index contributed by atoms with van der Waals surface area (Å²) in [5.41, 5.74) is 3.71. The standard InChI is InChI=1S/C26H44N2/c1-3-4-5-6-7-8-9-10-11-12-13-14-15-16-17-18-19-24-20-21-25-26(22-24)28-23(2)27-25/h20-22H,3-19H2,1-2H3,(H,27,28). The van der Waals surface area contributed by atoms with Crippen LogP contribution in [0.1, 0.15) is 121 Å². The average molecular weight is 385 g/mol. The van der Waals surface area contributed by atoms with Gasteiger partial charge in [0, 0.05) is 0 Å². The highest BCUT2D eigenvalue weighted by Gasteiger charge is 2.01. The van der Waals surface area contributed by atoms with Crippen molar-refractivity contribution < 1.29 is 0 Å². The zero-order valence-electron chi connectivity index (χ0n) is 18.7. The molecule has 1 N–H and O–H groups in total. The molecule has 0 spiro atoms. The number of nitrogens with one attached hydrogen (secondary N) is 1. The monoisotopic (exact) mass is 384 g/mol. The van der Waals surface area contributed by atoms with Crippen LogP contribution in [-0.4, -0.2) is 9.97 Å². The van der Waals surface area contributed by atoms with Gasteiger partial charge in [-0.1, -0.05) is 109 Å². The number of rotatable bonds is 17. The summed E-state index contributed by atoms with van der Waals surface area (Å²) >= 11 is 0. The third-order valence-corrected chi connectivity index (χ3v) is 5.98. The van der Waals surface area contributed by atoms with Crippen molar-refractivity contribution in [1.29, 1.82) is 0 Å². The van der Waals surface area contributed by atoms with E-state index in [2.05, 4.69) is 35.1 Å². The molecule has 2 aromatic rings. The molecule has 0 saturated heterocycles. The van der Waals surface area contributed by atoms with E-state index in [0.29, 0.717) is 0 Å². The Morgan fingerprint density at radius 2 is 1.18 bits per heavy atom. The summed E-state index contributed by atoms with van der Waals surface area (Å²) in [6, 6.07) is 6.69. The van der Waals surface area contributed by atoms with Gasteiger partial charge >= 0.3 is 0 Å². The SMILES string of the molecule is CCCCCCCCCCCCCCCCCCc1ccc2[nH]c(C)nc2c1. The number of H-pyrrole nitrogens is 1. The van der Waals surface area contributed by atoms with E-state index in [-0.39, 0.29) is 0 Å². The van der Waals surface area contributed by atoms with Crippen LogP contribution in [0.15, 0.2) is 18.2 Å². The van der Waals surface area contributed by atoms with E-state index in [9.17, 15) is 0 Å². The number of fused-ring (bicyclic) bond motifs is 1. The maximum absolute atomic E-state index is 4.54. The summed E-state index contributed by atoms with van der Waals surface area (Å²) in [7, 11) is 0. The Morgan fingerprint density at radius 3 is 1.71 bits per heavy atom. The third-order valence-electron chi connectivity index (χ3n) is 5.98. The largest absolute Gasteiger partial charge is 0.342 e. The summed E-state index contributed by atoms with van der Waals surface area (Å²) in [5.74, 6) is 1.01. The average Bonchev–Trinajstić information content (AvgIpc) is 3.07. The van der Waals surface area contributed by atoms with Crippen LogP contribution in [0.2, 0.25) is 0 Å². The van der Waals surface area contributed by atoms with Crippen LogP contribution in [0, 0.1) is 6.92 Å². The molecule has 1 aromatic carbocycles. The van der Waals surface area contributed by atoms with Gasteiger partial charge in [-0.2, -0.15) is 0 Å². The van der Waals surface area contributed by atoms with Crippen LogP contribution in [0.5, 0.6) is 0 Å². The van der Waals surface area contributed by atoms with Gasteiger partial charge in [0.05, 0.1) is 11.0 Å². The quantitative estimate of drug-likeness (QED) is 0.271. The van der Waals surface area contributed by atoms with Gasteiger partial charge in [0.2, 0.25) is 0 Å². The molecule has 0 atom stereocenters. The number of hydrogen-bond donors (Lipinski definition) is 1. The van der Waals surface area contributed by atoms with Crippen molar-refractivity contribution in [2.45, 2.75) is 123 Å². The molecule has 0 aliphatic heterocycles. The Balaban J connectivity index is 1.35. The molecule has 1 heterocycles. The topological polar surface area (TPSA) is 28.7 Å². The maximum atomic E-state index is 4.54. The van der Waals surface area contributed by atoms with Crippen LogP contribution in [0.4, 0.5) is 0 Å². The summed E-state index contributed by atoms with van der Waals surface area (Å²) in [6.45, 7) is 4.32. The molecule has 0 radical (unpaired) electrons. The van der Waals surface area contributed by atoms with Gasteiger partial charge in [-0.05, 0) is 37.5 Å². The molecule has 0 bridgehead atoms. The number of hydrogen-bond acceptors (Lipinski definition) is 1. The number of imidazole rings is 1. The van der Waals surface area contributed by atoms with Gasteiger partial charge < -0.3 is 4.98 Å². The van der Waals surface area contributed by atoms with Crippen LogP contribution >= 0.6 is 0 Å². The van der Waals surface area contributed by atoms with E-state index in [1.165, 1.54) is 115 Å². The molecule has 1 aromatic heterocycles. The second-order valence-corrected chi connectivity index (χ2v) is 8.73. The van der Waals surface area contributed by atoms with Crippen molar-refractivity contribution in [3.8, 4) is 0 Å². The molecule has 0 saturated carbocycles. The maximum Gasteiger partial charge on any atom is 0.104 e. The number of nitrogens with zero attached hydrogens (tertiary/aromatic N) is 1. The van der Waals surface area contributed by atoms with E-state index in [0.717, 1.165) is 16.9 Å². The summed E-state index contributed by atoms with van der Waals surface area (Å²) in [4.78, 5) is 7.84. The second-order valence-electron chi connectivity index (χ2n) is 8.73. The highest BCUT2D eigenvalue weighted by Crippen LogP contribution is 2.17. The number of unbranched alkanes of at least 4 members (excludes halogenated alkanes) is 15. The first-order valence-corrected chi connectivity index (χ1v) is 12.2. The van der Waals surface area contributed by atoms with E-state index < -0.39 is 0 Å². The van der Waals surface area contributed by atoms with Gasteiger partial charge in [-0.25, -0.2) is 4.98 Å². The van der Waals surface area contributed by atoms with E-state index in [1.807, 2.05) is 6.92 Å². The third kappa shape index (κ3) is 9.75. The Bertz CT molecular complexity index is 628. The zero-order valence-corrected chi connectivity index (χ0v) is 18.7. The molecular weight excluding hydrogens is 340 g/mol. The van der Waals surface area contributed by atoms with Crippen molar-refractivity contribution in [1.82, 2.24) is 9.97 Å². The molecule has 0 aliphatic rings. The Hall–Kier alpha value is -1.31. The van der Waals surface area contributed by atoms with E-state index in [4.69, 9.17) is 0 Å². The normalized spacial score (nSPS) is 11.5. The van der Waals surface area contributed by atoms with Crippen LogP contribution in [0.3, 0.4) is 0 Å². The van der Waals surface area contributed by atoms with Crippen molar-refractivity contribution in [3.63, 3.8) is 0 Å². The number of aryl methyl sites for hydroxylation is 2. The molecule has 0 unspecified atom stereocenters. The van der Waals surface area contributed by atoms with E-state index >= 15 is 0 Å². The Kier molecular flexibility index (Phi) is 12.0. The van der Waals surface area contributed by atoms with Crippen molar-refractivity contribution in [2.24, 2.45) is 0 Å². The number of benzene rings is 1. The van der Waals surface area contributed by atoms with Gasteiger partial charge in [-0.15, -0.1) is 0 Å². The fourth-order valence-corrected chi connectivity index (χ4v) is 4.21. The highest BCUT2D eigenvalue weighted by molar-refractivity contribution is 5.75. The zero-order chi connectivity index (χ0) is 19.9. The first kappa shape index (κ1) is 23.0. The molecule has 0 fully saturated rings.